The molecule has 1 aromatic heterocycles. The molecule has 7 nitrogen and oxygen atoms in total. The summed E-state index contributed by atoms with van der Waals surface area (Å²) in [5.74, 6) is 1.46. The zero-order valence-corrected chi connectivity index (χ0v) is 18.8. The van der Waals surface area contributed by atoms with Crippen LogP contribution in [-0.2, 0) is 13.0 Å². The molecule has 0 aliphatic heterocycles. The minimum atomic E-state index is -0.0791. The zero-order valence-electron chi connectivity index (χ0n) is 17.9. The molecule has 0 bridgehead atoms. The molecule has 0 aliphatic rings. The maximum absolute atomic E-state index is 11.8. The highest BCUT2D eigenvalue weighted by atomic mass is 32.1. The van der Waals surface area contributed by atoms with Crippen molar-refractivity contribution in [1.29, 1.82) is 0 Å². The summed E-state index contributed by atoms with van der Waals surface area (Å²) in [5, 5.41) is 12.3. The molecule has 3 N–H and O–H groups in total. The van der Waals surface area contributed by atoms with Crippen LogP contribution < -0.4 is 20.7 Å². The standard InChI is InChI=1S/C23H27N5O2S/c1-24-21(29)18-6-4-5-16(13-18)11-12-26-23(25-2)27-14-19-15-31-22(28-19)17-7-9-20(30-3)10-8-17/h4-10,13,15H,11-12,14H2,1-3H3,(H,24,29)(H2,25,26,27). The van der Waals surface area contributed by atoms with Crippen molar-refractivity contribution < 1.29 is 9.53 Å². The number of nitrogens with one attached hydrogen (secondary N) is 3. The summed E-state index contributed by atoms with van der Waals surface area (Å²) in [5.41, 5.74) is 3.78. The lowest BCUT2D eigenvalue weighted by Gasteiger charge is -2.11. The maximum Gasteiger partial charge on any atom is 0.251 e. The number of thiazole rings is 1. The second-order valence-corrected chi connectivity index (χ2v) is 7.61. The van der Waals surface area contributed by atoms with Crippen molar-refractivity contribution in [3.63, 3.8) is 0 Å². The maximum atomic E-state index is 11.8. The van der Waals surface area contributed by atoms with Gasteiger partial charge in [-0.2, -0.15) is 0 Å². The molecule has 0 atom stereocenters. The molecule has 1 amide bonds. The van der Waals surface area contributed by atoms with E-state index in [0.717, 1.165) is 34.0 Å². The van der Waals surface area contributed by atoms with Gasteiger partial charge in [0.2, 0.25) is 0 Å². The largest absolute Gasteiger partial charge is 0.497 e. The molecule has 0 fully saturated rings. The van der Waals surface area contributed by atoms with Crippen molar-refractivity contribution in [2.45, 2.75) is 13.0 Å². The van der Waals surface area contributed by atoms with Crippen LogP contribution in [0.4, 0.5) is 0 Å². The first-order valence-electron chi connectivity index (χ1n) is 9.97. The van der Waals surface area contributed by atoms with E-state index < -0.39 is 0 Å². The smallest absolute Gasteiger partial charge is 0.251 e. The zero-order chi connectivity index (χ0) is 22.1. The predicted molar refractivity (Wildman–Crippen MR) is 126 cm³/mol. The van der Waals surface area contributed by atoms with E-state index in [9.17, 15) is 4.79 Å². The SMILES string of the molecule is CN=C(NCCc1cccc(C(=O)NC)c1)NCc1csc(-c2ccc(OC)cc2)n1. The van der Waals surface area contributed by atoms with Crippen LogP contribution in [0.15, 0.2) is 58.9 Å². The van der Waals surface area contributed by atoms with Gasteiger partial charge in [-0.1, -0.05) is 12.1 Å². The number of carbonyl (C=O) groups excluding carboxylic acids is 1. The molecule has 0 radical (unpaired) electrons. The second-order valence-electron chi connectivity index (χ2n) is 6.75. The van der Waals surface area contributed by atoms with E-state index in [1.54, 1.807) is 32.5 Å². The number of aromatic nitrogens is 1. The Labute approximate surface area is 186 Å². The van der Waals surface area contributed by atoms with Gasteiger partial charge in [0.15, 0.2) is 5.96 Å². The Morgan fingerprint density at radius 2 is 1.97 bits per heavy atom. The van der Waals surface area contributed by atoms with Gasteiger partial charge in [-0.25, -0.2) is 4.98 Å². The van der Waals surface area contributed by atoms with Crippen molar-refractivity contribution in [2.75, 3.05) is 27.7 Å². The molecular weight excluding hydrogens is 410 g/mol. The molecule has 3 aromatic rings. The Hall–Kier alpha value is -3.39. The normalized spacial score (nSPS) is 11.1. The van der Waals surface area contributed by atoms with Gasteiger partial charge in [-0.15, -0.1) is 11.3 Å². The van der Waals surface area contributed by atoms with E-state index in [1.807, 2.05) is 53.9 Å². The van der Waals surface area contributed by atoms with Gasteiger partial charge in [-0.3, -0.25) is 9.79 Å². The average Bonchev–Trinajstić information content (AvgIpc) is 3.30. The molecule has 162 valence electrons. The van der Waals surface area contributed by atoms with Crippen LogP contribution in [0.1, 0.15) is 21.6 Å². The third-order valence-corrected chi connectivity index (χ3v) is 5.61. The number of hydrogen-bond donors (Lipinski definition) is 3. The van der Waals surface area contributed by atoms with Gasteiger partial charge in [-0.05, 0) is 48.4 Å². The van der Waals surface area contributed by atoms with E-state index in [2.05, 4.69) is 20.9 Å². The molecule has 0 aliphatic carbocycles. The Morgan fingerprint density at radius 3 is 2.68 bits per heavy atom. The Morgan fingerprint density at radius 1 is 1.16 bits per heavy atom. The number of rotatable bonds is 8. The highest BCUT2D eigenvalue weighted by molar-refractivity contribution is 7.13. The molecule has 0 saturated heterocycles. The Balaban J connectivity index is 1.49. The van der Waals surface area contributed by atoms with Crippen molar-refractivity contribution in [3.05, 3.63) is 70.7 Å². The molecule has 8 heteroatoms. The quantitative estimate of drug-likeness (QED) is 0.372. The van der Waals surface area contributed by atoms with Gasteiger partial charge < -0.3 is 20.7 Å². The monoisotopic (exact) mass is 437 g/mol. The van der Waals surface area contributed by atoms with Gasteiger partial charge in [0.25, 0.3) is 5.91 Å². The molecular formula is C23H27N5O2S. The van der Waals surface area contributed by atoms with E-state index in [-0.39, 0.29) is 5.91 Å². The molecule has 1 heterocycles. The summed E-state index contributed by atoms with van der Waals surface area (Å²) in [4.78, 5) is 20.7. The first kappa shape index (κ1) is 22.3. The first-order valence-corrected chi connectivity index (χ1v) is 10.8. The highest BCUT2D eigenvalue weighted by Gasteiger charge is 2.07. The highest BCUT2D eigenvalue weighted by Crippen LogP contribution is 2.25. The third-order valence-electron chi connectivity index (χ3n) is 4.67. The number of benzene rings is 2. The van der Waals surface area contributed by atoms with E-state index in [0.29, 0.717) is 24.6 Å². The molecule has 0 unspecified atom stereocenters. The lowest BCUT2D eigenvalue weighted by Crippen LogP contribution is -2.37. The van der Waals surface area contributed by atoms with Crippen LogP contribution >= 0.6 is 11.3 Å². The topological polar surface area (TPSA) is 87.6 Å². The first-order chi connectivity index (χ1) is 15.1. The van der Waals surface area contributed by atoms with Crippen molar-refractivity contribution in [2.24, 2.45) is 4.99 Å². The van der Waals surface area contributed by atoms with Crippen LogP contribution in [0, 0.1) is 0 Å². The van der Waals surface area contributed by atoms with E-state index >= 15 is 0 Å². The number of guanidine groups is 1. The summed E-state index contributed by atoms with van der Waals surface area (Å²) in [6, 6.07) is 15.5. The van der Waals surface area contributed by atoms with Gasteiger partial charge in [0.05, 0.1) is 19.3 Å². The van der Waals surface area contributed by atoms with Crippen molar-refractivity contribution in [1.82, 2.24) is 20.9 Å². The lowest BCUT2D eigenvalue weighted by molar-refractivity contribution is 0.0963. The number of methoxy groups -OCH3 is 1. The van der Waals surface area contributed by atoms with Crippen molar-refractivity contribution in [3.8, 4) is 16.3 Å². The summed E-state index contributed by atoms with van der Waals surface area (Å²) < 4.78 is 5.20. The molecule has 31 heavy (non-hydrogen) atoms. The Kier molecular flexibility index (Phi) is 8.00. The van der Waals surface area contributed by atoms with Gasteiger partial charge >= 0.3 is 0 Å². The van der Waals surface area contributed by atoms with E-state index in [4.69, 9.17) is 9.72 Å². The molecule has 3 rings (SSSR count). The fourth-order valence-electron chi connectivity index (χ4n) is 2.99. The number of nitrogens with zero attached hydrogens (tertiary/aromatic N) is 2. The Bertz CT molecular complexity index is 1030. The van der Waals surface area contributed by atoms with Crippen LogP contribution in [0.5, 0.6) is 5.75 Å². The number of aliphatic imine (C=N–C) groups is 1. The van der Waals surface area contributed by atoms with Gasteiger partial charge in [0, 0.05) is 37.1 Å². The minimum Gasteiger partial charge on any atom is -0.497 e. The second kappa shape index (κ2) is 11.1. The fraction of sp³-hybridized carbons (Fsp3) is 0.261. The fourth-order valence-corrected chi connectivity index (χ4v) is 3.81. The minimum absolute atomic E-state index is 0.0791. The van der Waals surface area contributed by atoms with Crippen LogP contribution in [0.3, 0.4) is 0 Å². The number of amides is 1. The third kappa shape index (κ3) is 6.29. The summed E-state index contributed by atoms with van der Waals surface area (Å²) in [6.07, 6.45) is 0.782. The lowest BCUT2D eigenvalue weighted by atomic mass is 10.1. The molecule has 0 spiro atoms. The van der Waals surface area contributed by atoms with Gasteiger partial charge in [0.1, 0.15) is 10.8 Å². The van der Waals surface area contributed by atoms with Crippen LogP contribution in [0.2, 0.25) is 0 Å². The number of hydrogen-bond acceptors (Lipinski definition) is 5. The predicted octanol–water partition coefficient (Wildman–Crippen LogP) is 3.09. The summed E-state index contributed by atoms with van der Waals surface area (Å²) in [6.45, 7) is 1.28. The summed E-state index contributed by atoms with van der Waals surface area (Å²) >= 11 is 1.61. The van der Waals surface area contributed by atoms with Crippen LogP contribution in [0.25, 0.3) is 10.6 Å². The number of carbonyl (C=O) groups is 1. The molecule has 0 saturated carbocycles. The average molecular weight is 438 g/mol. The number of ether oxygens (including phenoxy) is 1. The van der Waals surface area contributed by atoms with E-state index in [1.165, 1.54) is 0 Å². The molecule has 2 aromatic carbocycles. The summed E-state index contributed by atoms with van der Waals surface area (Å²) in [7, 11) is 5.03. The van der Waals surface area contributed by atoms with Crippen molar-refractivity contribution >= 4 is 23.2 Å². The van der Waals surface area contributed by atoms with Crippen LogP contribution in [-0.4, -0.2) is 44.6 Å².